The van der Waals surface area contributed by atoms with Crippen LogP contribution in [0.2, 0.25) is 0 Å². The van der Waals surface area contributed by atoms with Crippen molar-refractivity contribution in [2.24, 2.45) is 5.41 Å². The summed E-state index contributed by atoms with van der Waals surface area (Å²) in [6.45, 7) is 11.0. The number of hydrogen-bond donors (Lipinski definition) is 1. The molecule has 0 saturated heterocycles. The first-order valence-electron chi connectivity index (χ1n) is 7.08. The summed E-state index contributed by atoms with van der Waals surface area (Å²) in [5.74, 6) is 0.948. The molecule has 3 nitrogen and oxygen atoms in total. The van der Waals surface area contributed by atoms with E-state index in [1.807, 2.05) is 13.8 Å². The van der Waals surface area contributed by atoms with Gasteiger partial charge in [-0.25, -0.2) is 0 Å². The van der Waals surface area contributed by atoms with Crippen molar-refractivity contribution in [3.8, 4) is 0 Å². The smallest absolute Gasteiger partial charge is 0.138 e. The first kappa shape index (κ1) is 13.6. The van der Waals surface area contributed by atoms with Gasteiger partial charge in [0.15, 0.2) is 0 Å². The van der Waals surface area contributed by atoms with E-state index in [-0.39, 0.29) is 0 Å². The Morgan fingerprint density at radius 1 is 1.28 bits per heavy atom. The van der Waals surface area contributed by atoms with Crippen LogP contribution in [0.25, 0.3) is 0 Å². The molecular formula is C15H26N2O. The van der Waals surface area contributed by atoms with Gasteiger partial charge in [-0.2, -0.15) is 0 Å². The number of hydrogen-bond acceptors (Lipinski definition) is 3. The van der Waals surface area contributed by atoms with Gasteiger partial charge in [-0.1, -0.05) is 19.0 Å². The highest BCUT2D eigenvalue weighted by Crippen LogP contribution is 2.36. The molecule has 2 rings (SSSR count). The molecule has 1 N–H and O–H groups in total. The average Bonchev–Trinajstić information content (AvgIpc) is 2.62. The second-order valence-corrected chi connectivity index (χ2v) is 6.56. The van der Waals surface area contributed by atoms with Crippen LogP contribution in [-0.4, -0.2) is 11.2 Å². The Hall–Kier alpha value is -0.830. The second-order valence-electron chi connectivity index (χ2n) is 6.56. The summed E-state index contributed by atoms with van der Waals surface area (Å²) in [6.07, 6.45) is 5.19. The van der Waals surface area contributed by atoms with Crippen molar-refractivity contribution in [1.29, 1.82) is 0 Å². The lowest BCUT2D eigenvalue weighted by atomic mass is 9.75. The summed E-state index contributed by atoms with van der Waals surface area (Å²) in [5, 5.41) is 7.78. The van der Waals surface area contributed by atoms with Crippen LogP contribution in [0.4, 0.5) is 0 Å². The van der Waals surface area contributed by atoms with Gasteiger partial charge in [0.05, 0.1) is 5.69 Å². The van der Waals surface area contributed by atoms with Gasteiger partial charge in [-0.3, -0.25) is 0 Å². The normalized spacial score (nSPS) is 22.1. The van der Waals surface area contributed by atoms with E-state index in [0.717, 1.165) is 11.5 Å². The molecule has 0 amide bonds. The van der Waals surface area contributed by atoms with Gasteiger partial charge in [-0.15, -0.1) is 0 Å². The molecule has 0 aromatic carbocycles. The highest BCUT2D eigenvalue weighted by atomic mass is 16.5. The molecular weight excluding hydrogens is 224 g/mol. The van der Waals surface area contributed by atoms with Gasteiger partial charge in [0.1, 0.15) is 5.76 Å². The van der Waals surface area contributed by atoms with Crippen LogP contribution < -0.4 is 5.32 Å². The minimum Gasteiger partial charge on any atom is -0.361 e. The first-order valence-corrected chi connectivity index (χ1v) is 7.08. The van der Waals surface area contributed by atoms with E-state index in [2.05, 4.69) is 31.2 Å². The van der Waals surface area contributed by atoms with E-state index in [4.69, 9.17) is 4.52 Å². The molecule has 0 radical (unpaired) electrons. The highest BCUT2D eigenvalue weighted by molar-refractivity contribution is 5.24. The zero-order valence-electron chi connectivity index (χ0n) is 12.3. The van der Waals surface area contributed by atoms with Crippen LogP contribution in [-0.2, 0) is 0 Å². The van der Waals surface area contributed by atoms with Crippen LogP contribution in [0.3, 0.4) is 0 Å². The fourth-order valence-corrected chi connectivity index (χ4v) is 3.11. The summed E-state index contributed by atoms with van der Waals surface area (Å²) >= 11 is 0. The number of nitrogens with zero attached hydrogens (tertiary/aromatic N) is 1. The molecule has 0 bridgehead atoms. The molecule has 1 atom stereocenters. The maximum Gasteiger partial charge on any atom is 0.138 e. The standard InChI is InChI=1S/C15H26N2O/c1-10(14-11(2)17-18-12(14)3)16-13-6-8-15(4,5)9-7-13/h10,13,16H,6-9H2,1-5H3. The van der Waals surface area contributed by atoms with Gasteiger partial charge < -0.3 is 9.84 Å². The Kier molecular flexibility index (Phi) is 3.81. The summed E-state index contributed by atoms with van der Waals surface area (Å²) in [7, 11) is 0. The zero-order valence-corrected chi connectivity index (χ0v) is 12.3. The van der Waals surface area contributed by atoms with Crippen LogP contribution in [0.1, 0.15) is 69.5 Å². The molecule has 0 spiro atoms. The third kappa shape index (κ3) is 2.94. The van der Waals surface area contributed by atoms with Gasteiger partial charge >= 0.3 is 0 Å². The van der Waals surface area contributed by atoms with E-state index in [1.54, 1.807) is 0 Å². The molecule has 0 aliphatic heterocycles. The lowest BCUT2D eigenvalue weighted by molar-refractivity contribution is 0.199. The van der Waals surface area contributed by atoms with E-state index in [1.165, 1.54) is 31.2 Å². The summed E-state index contributed by atoms with van der Waals surface area (Å²) in [5.41, 5.74) is 2.79. The average molecular weight is 250 g/mol. The highest BCUT2D eigenvalue weighted by Gasteiger charge is 2.28. The van der Waals surface area contributed by atoms with Crippen molar-refractivity contribution in [3.63, 3.8) is 0 Å². The van der Waals surface area contributed by atoms with Gasteiger partial charge in [0.25, 0.3) is 0 Å². The van der Waals surface area contributed by atoms with Crippen LogP contribution in [0.5, 0.6) is 0 Å². The number of aryl methyl sites for hydroxylation is 2. The zero-order chi connectivity index (χ0) is 13.3. The van der Waals surface area contributed by atoms with Gasteiger partial charge in [0.2, 0.25) is 0 Å². The van der Waals surface area contributed by atoms with E-state index < -0.39 is 0 Å². The molecule has 1 aromatic rings. The Labute approximate surface area is 110 Å². The molecule has 1 fully saturated rings. The summed E-state index contributed by atoms with van der Waals surface area (Å²) in [4.78, 5) is 0. The summed E-state index contributed by atoms with van der Waals surface area (Å²) < 4.78 is 5.25. The number of aromatic nitrogens is 1. The Morgan fingerprint density at radius 2 is 1.89 bits per heavy atom. The Morgan fingerprint density at radius 3 is 2.39 bits per heavy atom. The molecule has 1 aliphatic carbocycles. The molecule has 1 aromatic heterocycles. The maximum atomic E-state index is 5.25. The predicted molar refractivity (Wildman–Crippen MR) is 73.6 cm³/mol. The van der Waals surface area contributed by atoms with Crippen LogP contribution in [0.15, 0.2) is 4.52 Å². The summed E-state index contributed by atoms with van der Waals surface area (Å²) in [6, 6.07) is 0.976. The molecule has 18 heavy (non-hydrogen) atoms. The molecule has 102 valence electrons. The molecule has 3 heteroatoms. The van der Waals surface area contributed by atoms with Crippen molar-refractivity contribution in [2.45, 2.75) is 72.4 Å². The van der Waals surface area contributed by atoms with E-state index in [9.17, 15) is 0 Å². The SMILES string of the molecule is Cc1noc(C)c1C(C)NC1CCC(C)(C)CC1. The molecule has 1 unspecified atom stereocenters. The molecule has 1 saturated carbocycles. The lowest BCUT2D eigenvalue weighted by Crippen LogP contribution is -2.37. The van der Waals surface area contributed by atoms with Crippen LogP contribution in [0, 0.1) is 19.3 Å². The Bertz CT molecular complexity index is 379. The third-order valence-electron chi connectivity index (χ3n) is 4.35. The topological polar surface area (TPSA) is 38.1 Å². The quantitative estimate of drug-likeness (QED) is 0.883. The largest absolute Gasteiger partial charge is 0.361 e. The molecule has 1 aliphatic rings. The predicted octanol–water partition coefficient (Wildman–Crippen LogP) is 3.91. The third-order valence-corrected chi connectivity index (χ3v) is 4.35. The second kappa shape index (κ2) is 5.04. The fraction of sp³-hybridized carbons (Fsp3) is 0.800. The minimum atomic E-state index is 0.336. The van der Waals surface area contributed by atoms with Gasteiger partial charge in [-0.05, 0) is 51.9 Å². The van der Waals surface area contributed by atoms with Gasteiger partial charge in [0, 0.05) is 17.6 Å². The fourth-order valence-electron chi connectivity index (χ4n) is 3.11. The van der Waals surface area contributed by atoms with E-state index in [0.29, 0.717) is 17.5 Å². The van der Waals surface area contributed by atoms with Crippen molar-refractivity contribution >= 4 is 0 Å². The van der Waals surface area contributed by atoms with E-state index >= 15 is 0 Å². The van der Waals surface area contributed by atoms with Crippen molar-refractivity contribution in [3.05, 3.63) is 17.0 Å². The number of rotatable bonds is 3. The maximum absolute atomic E-state index is 5.25. The Balaban J connectivity index is 1.95. The monoisotopic (exact) mass is 250 g/mol. The molecule has 1 heterocycles. The van der Waals surface area contributed by atoms with Crippen molar-refractivity contribution in [1.82, 2.24) is 10.5 Å². The van der Waals surface area contributed by atoms with Crippen LogP contribution >= 0.6 is 0 Å². The number of nitrogens with one attached hydrogen (secondary N) is 1. The van der Waals surface area contributed by atoms with Crippen molar-refractivity contribution < 1.29 is 4.52 Å². The van der Waals surface area contributed by atoms with Crippen molar-refractivity contribution in [2.75, 3.05) is 0 Å². The minimum absolute atomic E-state index is 0.336. The first-order chi connectivity index (χ1) is 8.39. The lowest BCUT2D eigenvalue weighted by Gasteiger charge is -2.36.